The molecular weight excluding hydrogens is 745 g/mol. The van der Waals surface area contributed by atoms with Gasteiger partial charge in [-0.3, -0.25) is 0 Å². The molecule has 0 atom stereocenters. The highest BCUT2D eigenvalue weighted by Crippen LogP contribution is 2.56. The summed E-state index contributed by atoms with van der Waals surface area (Å²) >= 11 is 1.87. The minimum atomic E-state index is -0.500. The Morgan fingerprint density at radius 2 is 0.950 bits per heavy atom. The van der Waals surface area contributed by atoms with Gasteiger partial charge < -0.3 is 0 Å². The van der Waals surface area contributed by atoms with Crippen LogP contribution in [0.2, 0.25) is 0 Å². The largest absolute Gasteiger partial charge is 0.228 e. The smallest absolute Gasteiger partial charge is 0.160 e. The van der Waals surface area contributed by atoms with Crippen molar-refractivity contribution in [1.29, 1.82) is 0 Å². The van der Waals surface area contributed by atoms with E-state index >= 15 is 0 Å². The standard InChI is InChI=1S/C57H36N2S/c1-4-16-38(17-5-1)56-58-51(41-19-14-18-39(33-41)40-27-31-48-54(35-40)60-53-32-29-37-15-10-11-24-45(37)55(48)53)36-52(59-56)42-28-30-47-46-25-12-13-26-49(46)57(50(47)34-42,43-20-6-2-7-21-43)44-22-8-3-9-23-44/h1-36H. The van der Waals surface area contributed by atoms with E-state index in [4.69, 9.17) is 9.97 Å². The lowest BCUT2D eigenvalue weighted by Crippen LogP contribution is -2.28. The van der Waals surface area contributed by atoms with Crippen LogP contribution in [0.15, 0.2) is 218 Å². The average molecular weight is 781 g/mol. The van der Waals surface area contributed by atoms with Crippen LogP contribution in [0.3, 0.4) is 0 Å². The summed E-state index contributed by atoms with van der Waals surface area (Å²) < 4.78 is 2.61. The van der Waals surface area contributed by atoms with Crippen LogP contribution >= 0.6 is 11.3 Å². The highest BCUT2D eigenvalue weighted by molar-refractivity contribution is 7.26. The van der Waals surface area contributed by atoms with Crippen molar-refractivity contribution in [3.05, 3.63) is 241 Å². The minimum Gasteiger partial charge on any atom is -0.228 e. The lowest BCUT2D eigenvalue weighted by Gasteiger charge is -2.34. The summed E-state index contributed by atoms with van der Waals surface area (Å²) in [5.41, 5.74) is 14.2. The number of nitrogens with zero attached hydrogens (tertiary/aromatic N) is 2. The normalized spacial score (nSPS) is 12.8. The number of rotatable bonds is 6. The van der Waals surface area contributed by atoms with Gasteiger partial charge in [0.1, 0.15) is 0 Å². The number of hydrogen-bond acceptors (Lipinski definition) is 3. The summed E-state index contributed by atoms with van der Waals surface area (Å²) in [6.07, 6.45) is 0. The summed E-state index contributed by atoms with van der Waals surface area (Å²) in [7, 11) is 0. The molecule has 0 bridgehead atoms. The molecule has 1 aliphatic rings. The van der Waals surface area contributed by atoms with E-state index in [1.807, 2.05) is 17.4 Å². The van der Waals surface area contributed by atoms with E-state index in [-0.39, 0.29) is 0 Å². The lowest BCUT2D eigenvalue weighted by atomic mass is 9.67. The molecule has 9 aromatic carbocycles. The molecule has 0 amide bonds. The maximum absolute atomic E-state index is 5.31. The van der Waals surface area contributed by atoms with E-state index in [2.05, 4.69) is 212 Å². The molecule has 11 aromatic rings. The van der Waals surface area contributed by atoms with Crippen molar-refractivity contribution < 1.29 is 0 Å². The minimum absolute atomic E-state index is 0.500. The van der Waals surface area contributed by atoms with E-state index in [0.29, 0.717) is 5.82 Å². The van der Waals surface area contributed by atoms with Crippen LogP contribution in [0.5, 0.6) is 0 Å². The predicted octanol–water partition coefficient (Wildman–Crippen LogP) is 15.0. The third-order valence-electron chi connectivity index (χ3n) is 12.4. The quantitative estimate of drug-likeness (QED) is 0.168. The average Bonchev–Trinajstić information content (AvgIpc) is 3.86. The first-order valence-electron chi connectivity index (χ1n) is 20.5. The van der Waals surface area contributed by atoms with Crippen molar-refractivity contribution in [2.45, 2.75) is 5.41 Å². The molecule has 0 fully saturated rings. The third-order valence-corrected chi connectivity index (χ3v) is 13.5. The van der Waals surface area contributed by atoms with Gasteiger partial charge in [0.15, 0.2) is 5.82 Å². The lowest BCUT2D eigenvalue weighted by molar-refractivity contribution is 0.768. The van der Waals surface area contributed by atoms with Crippen LogP contribution < -0.4 is 0 Å². The maximum Gasteiger partial charge on any atom is 0.160 e. The Balaban J connectivity index is 1.02. The van der Waals surface area contributed by atoms with Gasteiger partial charge in [-0.2, -0.15) is 0 Å². The molecule has 0 radical (unpaired) electrons. The van der Waals surface area contributed by atoms with Crippen molar-refractivity contribution >= 4 is 42.3 Å². The van der Waals surface area contributed by atoms with Crippen LogP contribution in [-0.2, 0) is 5.41 Å². The topological polar surface area (TPSA) is 25.8 Å². The Bertz CT molecular complexity index is 3380. The van der Waals surface area contributed by atoms with Crippen LogP contribution in [0.4, 0.5) is 0 Å². The SMILES string of the molecule is c1ccc(-c2nc(-c3cccc(-c4ccc5c(c4)sc4ccc6ccccc6c45)c3)cc(-c3ccc4c(c3)C(c3ccccc3)(c3ccccc3)c3ccccc3-4)n2)cc1. The second-order valence-corrected chi connectivity index (χ2v) is 16.8. The van der Waals surface area contributed by atoms with Crippen molar-refractivity contribution in [2.24, 2.45) is 0 Å². The fourth-order valence-electron chi connectivity index (χ4n) is 9.65. The molecule has 2 aromatic heterocycles. The van der Waals surface area contributed by atoms with Crippen molar-refractivity contribution in [3.63, 3.8) is 0 Å². The van der Waals surface area contributed by atoms with E-state index in [1.165, 1.54) is 69.9 Å². The van der Waals surface area contributed by atoms with Crippen molar-refractivity contribution in [1.82, 2.24) is 9.97 Å². The van der Waals surface area contributed by atoms with Gasteiger partial charge in [0.2, 0.25) is 0 Å². The van der Waals surface area contributed by atoms with E-state index < -0.39 is 5.41 Å². The first-order valence-corrected chi connectivity index (χ1v) is 21.3. The number of hydrogen-bond donors (Lipinski definition) is 0. The second kappa shape index (κ2) is 13.8. The highest BCUT2D eigenvalue weighted by Gasteiger charge is 2.46. The fraction of sp³-hybridized carbons (Fsp3) is 0.0175. The molecule has 0 unspecified atom stereocenters. The summed E-state index contributed by atoms with van der Waals surface area (Å²) in [6, 6.07) is 79.2. The number of aromatic nitrogens is 2. The van der Waals surface area contributed by atoms with Gasteiger partial charge in [-0.15, -0.1) is 11.3 Å². The maximum atomic E-state index is 5.31. The second-order valence-electron chi connectivity index (χ2n) is 15.7. The van der Waals surface area contributed by atoms with Crippen molar-refractivity contribution in [2.75, 3.05) is 0 Å². The Morgan fingerprint density at radius 3 is 1.73 bits per heavy atom. The summed E-state index contributed by atoms with van der Waals surface area (Å²) in [5.74, 6) is 0.702. The number of thiophene rings is 1. The Labute approximate surface area is 352 Å². The van der Waals surface area contributed by atoms with Gasteiger partial charge in [0.05, 0.1) is 16.8 Å². The first kappa shape index (κ1) is 34.6. The third kappa shape index (κ3) is 5.40. The van der Waals surface area contributed by atoms with Crippen LogP contribution in [-0.4, -0.2) is 9.97 Å². The van der Waals surface area contributed by atoms with Gasteiger partial charge in [-0.1, -0.05) is 188 Å². The van der Waals surface area contributed by atoms with E-state index in [0.717, 1.165) is 33.6 Å². The molecule has 2 heterocycles. The molecule has 0 aliphatic heterocycles. The molecule has 0 spiro atoms. The zero-order valence-corrected chi connectivity index (χ0v) is 33.4. The first-order chi connectivity index (χ1) is 29.7. The molecular formula is C57H36N2S. The molecule has 12 rings (SSSR count). The number of benzene rings is 9. The molecule has 1 aliphatic carbocycles. The molecule has 0 saturated carbocycles. The van der Waals surface area contributed by atoms with E-state index in [1.54, 1.807) is 0 Å². The van der Waals surface area contributed by atoms with E-state index in [9.17, 15) is 0 Å². The fourth-order valence-corrected chi connectivity index (χ4v) is 10.8. The summed E-state index contributed by atoms with van der Waals surface area (Å²) in [6.45, 7) is 0. The zero-order valence-electron chi connectivity index (χ0n) is 32.6. The molecule has 0 N–H and O–H groups in total. The monoisotopic (exact) mass is 780 g/mol. The van der Waals surface area contributed by atoms with Crippen LogP contribution in [0.1, 0.15) is 22.3 Å². The zero-order chi connectivity index (χ0) is 39.6. The summed E-state index contributed by atoms with van der Waals surface area (Å²) in [4.78, 5) is 10.6. The van der Waals surface area contributed by atoms with Crippen molar-refractivity contribution in [3.8, 4) is 56.2 Å². The summed E-state index contributed by atoms with van der Waals surface area (Å²) in [5, 5.41) is 5.23. The Kier molecular flexibility index (Phi) is 7.97. The molecule has 0 saturated heterocycles. The van der Waals surface area contributed by atoms with Crippen LogP contribution in [0, 0.1) is 0 Å². The van der Waals surface area contributed by atoms with Gasteiger partial charge in [0, 0.05) is 36.9 Å². The van der Waals surface area contributed by atoms with Crippen LogP contribution in [0.25, 0.3) is 87.1 Å². The molecule has 2 nitrogen and oxygen atoms in total. The predicted molar refractivity (Wildman–Crippen MR) is 251 cm³/mol. The number of fused-ring (bicyclic) bond motifs is 8. The van der Waals surface area contributed by atoms with Gasteiger partial charge in [-0.05, 0) is 85.6 Å². The molecule has 3 heteroatoms. The van der Waals surface area contributed by atoms with Gasteiger partial charge >= 0.3 is 0 Å². The van der Waals surface area contributed by atoms with Gasteiger partial charge in [0.25, 0.3) is 0 Å². The Hall–Kier alpha value is -7.46. The van der Waals surface area contributed by atoms with Gasteiger partial charge in [-0.25, -0.2) is 9.97 Å². The highest BCUT2D eigenvalue weighted by atomic mass is 32.1. The Morgan fingerprint density at radius 1 is 0.350 bits per heavy atom. The molecule has 60 heavy (non-hydrogen) atoms. The molecule has 280 valence electrons.